The van der Waals surface area contributed by atoms with Crippen molar-refractivity contribution in [3.63, 3.8) is 0 Å². The number of rotatable bonds is 14. The van der Waals surface area contributed by atoms with Gasteiger partial charge in [0.1, 0.15) is 11.5 Å². The number of hydrogen-bond donors (Lipinski definition) is 1. The van der Waals surface area contributed by atoms with E-state index in [-0.39, 0.29) is 18.4 Å². The maximum absolute atomic E-state index is 13.4. The summed E-state index contributed by atoms with van der Waals surface area (Å²) in [6.07, 6.45) is 18.9. The molecule has 1 aliphatic heterocycles. The number of benzene rings is 1. The molecular formula is C34H42N2O5. The molecule has 1 aromatic carbocycles. The Kier molecular flexibility index (Phi) is 10.9. The van der Waals surface area contributed by atoms with Crippen molar-refractivity contribution in [1.82, 2.24) is 4.90 Å². The minimum absolute atomic E-state index is 0.0438. The standard InChI is InChI=1S/C34H42N2O5/c1-24-11-13-30(28(21-24)34(38)26-9-6-5-7-10-26)41-31-15-17-35-29-12-14-32(33(39-4)22-27(29)31)40-20-8-18-36(3)19-16-25(2)23-37/h6,9-15,17,21-22,25,29,37H,5,7-8,16,18-20,23H2,1-4H3. The number of aliphatic hydroxyl groups is 1. The molecule has 7 heteroatoms. The number of aryl methyl sites for hydroxylation is 1. The zero-order valence-corrected chi connectivity index (χ0v) is 24.6. The molecule has 7 nitrogen and oxygen atoms in total. The minimum Gasteiger partial charge on any atom is -0.493 e. The zero-order valence-electron chi connectivity index (χ0n) is 24.6. The highest BCUT2D eigenvalue weighted by Gasteiger charge is 2.25. The molecule has 218 valence electrons. The fourth-order valence-electron chi connectivity index (χ4n) is 4.81. The molecule has 1 N–H and O–H groups in total. The largest absolute Gasteiger partial charge is 0.493 e. The van der Waals surface area contributed by atoms with E-state index in [1.165, 1.54) is 0 Å². The van der Waals surface area contributed by atoms with E-state index in [1.54, 1.807) is 13.3 Å². The number of allylic oxidation sites excluding steroid dienone is 7. The minimum atomic E-state index is -0.269. The van der Waals surface area contributed by atoms with Crippen LogP contribution in [0.2, 0.25) is 0 Å². The van der Waals surface area contributed by atoms with E-state index in [1.807, 2.05) is 67.7 Å². The van der Waals surface area contributed by atoms with Crippen molar-refractivity contribution in [2.24, 2.45) is 10.9 Å². The average Bonchev–Trinajstić information content (AvgIpc) is 3.18. The normalized spacial score (nSPS) is 18.8. The molecule has 2 atom stereocenters. The number of methoxy groups -OCH3 is 1. The number of carbonyl (C=O) groups excluding carboxylic acids is 1. The van der Waals surface area contributed by atoms with Crippen LogP contribution >= 0.6 is 0 Å². The molecule has 0 saturated carbocycles. The van der Waals surface area contributed by atoms with E-state index in [0.717, 1.165) is 49.9 Å². The lowest BCUT2D eigenvalue weighted by atomic mass is 9.96. The third-order valence-corrected chi connectivity index (χ3v) is 7.37. The van der Waals surface area contributed by atoms with Gasteiger partial charge in [-0.3, -0.25) is 9.79 Å². The van der Waals surface area contributed by atoms with Gasteiger partial charge in [-0.15, -0.1) is 0 Å². The Morgan fingerprint density at radius 1 is 1.20 bits per heavy atom. The number of aliphatic imine (C=N–C) groups is 1. The van der Waals surface area contributed by atoms with Gasteiger partial charge in [0.05, 0.1) is 25.3 Å². The summed E-state index contributed by atoms with van der Waals surface area (Å²) in [5, 5.41) is 9.23. The quantitative estimate of drug-likeness (QED) is 0.227. The van der Waals surface area contributed by atoms with Crippen molar-refractivity contribution in [3.05, 3.63) is 100 Å². The Hall–Kier alpha value is -3.68. The molecule has 4 rings (SSSR count). The van der Waals surface area contributed by atoms with Crippen LogP contribution < -0.4 is 4.74 Å². The zero-order chi connectivity index (χ0) is 29.2. The molecule has 0 radical (unpaired) electrons. The first-order valence-electron chi connectivity index (χ1n) is 14.4. The summed E-state index contributed by atoms with van der Waals surface area (Å²) >= 11 is 0. The van der Waals surface area contributed by atoms with Crippen LogP contribution in [0.1, 0.15) is 48.5 Å². The first-order chi connectivity index (χ1) is 19.9. The monoisotopic (exact) mass is 558 g/mol. The number of aliphatic hydroxyl groups excluding tert-OH is 1. The Morgan fingerprint density at radius 2 is 2.05 bits per heavy atom. The van der Waals surface area contributed by atoms with E-state index < -0.39 is 0 Å². The molecule has 0 amide bonds. The van der Waals surface area contributed by atoms with Crippen molar-refractivity contribution in [2.45, 2.75) is 45.6 Å². The van der Waals surface area contributed by atoms with Crippen LogP contribution in [0.3, 0.4) is 0 Å². The molecule has 3 aliphatic rings. The third-order valence-electron chi connectivity index (χ3n) is 7.37. The summed E-state index contributed by atoms with van der Waals surface area (Å²) < 4.78 is 18.3. The molecule has 41 heavy (non-hydrogen) atoms. The molecule has 0 aromatic heterocycles. The highest BCUT2D eigenvalue weighted by atomic mass is 16.5. The van der Waals surface area contributed by atoms with Crippen molar-refractivity contribution in [1.29, 1.82) is 0 Å². The second kappa shape index (κ2) is 14.8. The fraction of sp³-hybridized carbons (Fsp3) is 0.412. The summed E-state index contributed by atoms with van der Waals surface area (Å²) in [7, 11) is 3.71. The first kappa shape index (κ1) is 30.3. The van der Waals surface area contributed by atoms with Crippen molar-refractivity contribution in [2.75, 3.05) is 40.5 Å². The Labute approximate surface area is 243 Å². The predicted octanol–water partition coefficient (Wildman–Crippen LogP) is 5.88. The van der Waals surface area contributed by atoms with E-state index in [2.05, 4.69) is 23.9 Å². The Balaban J connectivity index is 1.48. The average molecular weight is 559 g/mol. The molecule has 2 unspecified atom stereocenters. The number of dihydropyridines is 1. The third kappa shape index (κ3) is 8.18. The van der Waals surface area contributed by atoms with E-state index in [0.29, 0.717) is 46.7 Å². The van der Waals surface area contributed by atoms with Gasteiger partial charge in [0.25, 0.3) is 0 Å². The van der Waals surface area contributed by atoms with Crippen LogP contribution in [0.25, 0.3) is 0 Å². The molecule has 0 fully saturated rings. The summed E-state index contributed by atoms with van der Waals surface area (Å²) in [4.78, 5) is 20.3. The predicted molar refractivity (Wildman–Crippen MR) is 163 cm³/mol. The second-order valence-electron chi connectivity index (χ2n) is 10.8. The molecule has 1 heterocycles. The van der Waals surface area contributed by atoms with Crippen molar-refractivity contribution < 1.29 is 24.1 Å². The summed E-state index contributed by atoms with van der Waals surface area (Å²) in [5.74, 6) is 2.61. The van der Waals surface area contributed by atoms with E-state index in [4.69, 9.17) is 14.2 Å². The number of Topliss-reactive ketones (excluding diaryl/α,β-unsaturated/α-hetero) is 1. The van der Waals surface area contributed by atoms with Crippen LogP contribution in [0.15, 0.2) is 94.1 Å². The summed E-state index contributed by atoms with van der Waals surface area (Å²) in [5.41, 5.74) is 3.05. The summed E-state index contributed by atoms with van der Waals surface area (Å²) in [6, 6.07) is 5.42. The van der Waals surface area contributed by atoms with E-state index >= 15 is 0 Å². The first-order valence-corrected chi connectivity index (χ1v) is 14.4. The fourth-order valence-corrected chi connectivity index (χ4v) is 4.81. The molecule has 1 aromatic rings. The molecular weight excluding hydrogens is 516 g/mol. The number of carbonyl (C=O) groups is 1. The van der Waals surface area contributed by atoms with Gasteiger partial charge in [0.15, 0.2) is 17.3 Å². The van der Waals surface area contributed by atoms with E-state index in [9.17, 15) is 9.90 Å². The Morgan fingerprint density at radius 3 is 2.80 bits per heavy atom. The number of ether oxygens (including phenoxy) is 3. The lowest BCUT2D eigenvalue weighted by Gasteiger charge is -2.21. The topological polar surface area (TPSA) is 80.6 Å². The van der Waals surface area contributed by atoms with Gasteiger partial charge in [-0.2, -0.15) is 0 Å². The van der Waals surface area contributed by atoms with Gasteiger partial charge in [-0.05, 0) is 82.5 Å². The van der Waals surface area contributed by atoms with Gasteiger partial charge in [0, 0.05) is 30.5 Å². The second-order valence-corrected chi connectivity index (χ2v) is 10.8. The maximum atomic E-state index is 13.4. The van der Waals surface area contributed by atoms with Crippen molar-refractivity contribution in [3.8, 4) is 5.75 Å². The smallest absolute Gasteiger partial charge is 0.196 e. The number of nitrogens with zero attached hydrogens (tertiary/aromatic N) is 2. The van der Waals surface area contributed by atoms with Gasteiger partial charge >= 0.3 is 0 Å². The number of hydrogen-bond acceptors (Lipinski definition) is 7. The van der Waals surface area contributed by atoms with Gasteiger partial charge in [-0.1, -0.05) is 42.9 Å². The van der Waals surface area contributed by atoms with Crippen LogP contribution in [0.4, 0.5) is 0 Å². The van der Waals surface area contributed by atoms with Crippen LogP contribution in [-0.2, 0) is 9.47 Å². The van der Waals surface area contributed by atoms with Crippen LogP contribution in [-0.4, -0.2) is 68.5 Å². The maximum Gasteiger partial charge on any atom is 0.196 e. The number of ketones is 1. The van der Waals surface area contributed by atoms with Crippen LogP contribution in [0.5, 0.6) is 5.75 Å². The molecule has 2 aliphatic carbocycles. The summed E-state index contributed by atoms with van der Waals surface area (Å²) in [6.45, 7) is 6.64. The van der Waals surface area contributed by atoms with Gasteiger partial charge in [0.2, 0.25) is 0 Å². The lowest BCUT2D eigenvalue weighted by Crippen LogP contribution is -2.24. The van der Waals surface area contributed by atoms with Gasteiger partial charge < -0.3 is 24.2 Å². The molecule has 0 bridgehead atoms. The SMILES string of the molecule is COC1=C(OCCCN(C)CCC(C)CO)C=CC2N=CC=C(Oc3ccc(C)cc3C(=O)C3=CCCC=C3)C2=C1. The highest BCUT2D eigenvalue weighted by molar-refractivity contribution is 6.12. The van der Waals surface area contributed by atoms with Gasteiger partial charge in [-0.25, -0.2) is 0 Å². The number of fused-ring (bicyclic) bond motifs is 1. The Bertz CT molecular complexity index is 1310. The lowest BCUT2D eigenvalue weighted by molar-refractivity contribution is 0.103. The highest BCUT2D eigenvalue weighted by Crippen LogP contribution is 2.33. The van der Waals surface area contributed by atoms with Crippen molar-refractivity contribution >= 4 is 12.0 Å². The molecule has 0 spiro atoms. The molecule has 0 saturated heterocycles. The van der Waals surface area contributed by atoms with Crippen LogP contribution in [0, 0.1) is 12.8 Å².